The highest BCUT2D eigenvalue weighted by molar-refractivity contribution is 6.25. The Bertz CT molecular complexity index is 1890. The van der Waals surface area contributed by atoms with Gasteiger partial charge in [0.25, 0.3) is 0 Å². The standard InChI is InChI=1S/C35H30N2O9/c1-35-23(31(41)37(34(35)45)17-7-4-3-5-8-17)16-22-19(29(35)28-24(38)9-6-10-26(28)46-2)13-14-21-27(22)32(42)36(30(21)40)18-11-12-20(33(43)44)25(39)15-18/h3-13,15,21-23,27,29,38-39H,14,16H2,1-2H3,(H,43,44)/t21-,22+,23-,27-,29+,35+/m0/s1. The van der Waals surface area contributed by atoms with Crippen molar-refractivity contribution in [1.82, 2.24) is 0 Å². The molecule has 6 atom stereocenters. The molecule has 2 heterocycles. The molecule has 234 valence electrons. The Morgan fingerprint density at radius 3 is 2.26 bits per heavy atom. The molecule has 2 aliphatic carbocycles. The summed E-state index contributed by atoms with van der Waals surface area (Å²) in [7, 11) is 1.45. The van der Waals surface area contributed by atoms with Gasteiger partial charge in [-0.3, -0.25) is 19.2 Å². The topological polar surface area (TPSA) is 162 Å². The lowest BCUT2D eigenvalue weighted by Crippen LogP contribution is -2.49. The molecule has 11 heteroatoms. The molecule has 0 bridgehead atoms. The number of para-hydroxylation sites is 1. The van der Waals surface area contributed by atoms with Crippen LogP contribution in [0.4, 0.5) is 11.4 Å². The Kier molecular flexibility index (Phi) is 6.55. The summed E-state index contributed by atoms with van der Waals surface area (Å²) < 4.78 is 5.67. The van der Waals surface area contributed by atoms with E-state index in [9.17, 15) is 39.3 Å². The normalized spacial score (nSPS) is 28.5. The minimum atomic E-state index is -1.36. The molecule has 1 saturated carbocycles. The van der Waals surface area contributed by atoms with Crippen molar-refractivity contribution < 1.29 is 44.0 Å². The quantitative estimate of drug-likeness (QED) is 0.279. The second-order valence-electron chi connectivity index (χ2n) is 12.4. The van der Waals surface area contributed by atoms with Crippen molar-refractivity contribution in [1.29, 1.82) is 0 Å². The molecule has 4 aliphatic rings. The van der Waals surface area contributed by atoms with Gasteiger partial charge in [0.15, 0.2) is 0 Å². The summed E-state index contributed by atoms with van der Waals surface area (Å²) in [6.45, 7) is 1.72. The Morgan fingerprint density at radius 1 is 0.848 bits per heavy atom. The van der Waals surface area contributed by atoms with Gasteiger partial charge in [-0.25, -0.2) is 14.6 Å². The van der Waals surface area contributed by atoms with Crippen molar-refractivity contribution in [3.8, 4) is 17.2 Å². The van der Waals surface area contributed by atoms with Crippen molar-refractivity contribution >= 4 is 41.0 Å². The van der Waals surface area contributed by atoms with Gasteiger partial charge in [0, 0.05) is 17.5 Å². The lowest BCUT2D eigenvalue weighted by Gasteiger charge is -2.49. The molecule has 2 aliphatic heterocycles. The molecule has 11 nitrogen and oxygen atoms in total. The van der Waals surface area contributed by atoms with E-state index in [4.69, 9.17) is 4.74 Å². The predicted octanol–water partition coefficient (Wildman–Crippen LogP) is 4.24. The van der Waals surface area contributed by atoms with Gasteiger partial charge in [-0.1, -0.05) is 35.9 Å². The fourth-order valence-electron chi connectivity index (χ4n) is 8.24. The van der Waals surface area contributed by atoms with Crippen LogP contribution in [-0.2, 0) is 19.2 Å². The first-order valence-corrected chi connectivity index (χ1v) is 14.9. The van der Waals surface area contributed by atoms with Gasteiger partial charge < -0.3 is 20.1 Å². The van der Waals surface area contributed by atoms with E-state index in [1.807, 2.05) is 6.08 Å². The number of hydrogen-bond donors (Lipinski definition) is 3. The number of carboxylic acid groups (broad SMARTS) is 1. The van der Waals surface area contributed by atoms with E-state index in [2.05, 4.69) is 0 Å². The number of anilines is 2. The molecule has 3 aromatic carbocycles. The number of amides is 4. The highest BCUT2D eigenvalue weighted by atomic mass is 16.5. The predicted molar refractivity (Wildman–Crippen MR) is 163 cm³/mol. The maximum absolute atomic E-state index is 14.5. The summed E-state index contributed by atoms with van der Waals surface area (Å²) in [5, 5.41) is 30.9. The molecule has 7 rings (SSSR count). The van der Waals surface area contributed by atoms with Crippen LogP contribution in [0.1, 0.15) is 41.6 Å². The second kappa shape index (κ2) is 10.3. The van der Waals surface area contributed by atoms with Crippen LogP contribution in [0.5, 0.6) is 17.2 Å². The van der Waals surface area contributed by atoms with Crippen LogP contribution in [0.25, 0.3) is 0 Å². The second-order valence-corrected chi connectivity index (χ2v) is 12.4. The summed E-state index contributed by atoms with van der Waals surface area (Å²) in [5.41, 5.74) is -0.293. The number of allylic oxidation sites excluding steroid dienone is 2. The number of fused-ring (bicyclic) bond motifs is 4. The first kappa shape index (κ1) is 29.3. The van der Waals surface area contributed by atoms with Crippen molar-refractivity contribution in [2.24, 2.45) is 29.1 Å². The molecule has 46 heavy (non-hydrogen) atoms. The summed E-state index contributed by atoms with van der Waals surface area (Å²) in [5.74, 6) is -7.76. The molecule has 4 amide bonds. The molecule has 3 fully saturated rings. The number of rotatable bonds is 5. The zero-order valence-corrected chi connectivity index (χ0v) is 24.9. The lowest BCUT2D eigenvalue weighted by molar-refractivity contribution is -0.131. The number of phenolic OH excluding ortho intramolecular Hbond substituents is 1. The number of aromatic hydroxyl groups is 2. The maximum Gasteiger partial charge on any atom is 0.339 e. The maximum atomic E-state index is 14.5. The molecular weight excluding hydrogens is 592 g/mol. The molecule has 0 unspecified atom stereocenters. The Hall–Kier alpha value is -5.45. The lowest BCUT2D eigenvalue weighted by atomic mass is 9.51. The Morgan fingerprint density at radius 2 is 1.59 bits per heavy atom. The van der Waals surface area contributed by atoms with Crippen molar-refractivity contribution in [2.75, 3.05) is 16.9 Å². The monoisotopic (exact) mass is 622 g/mol. The van der Waals surface area contributed by atoms with Gasteiger partial charge in [-0.15, -0.1) is 0 Å². The smallest absolute Gasteiger partial charge is 0.339 e. The molecule has 3 N–H and O–H groups in total. The third-order valence-corrected chi connectivity index (χ3v) is 10.3. The average Bonchev–Trinajstić information content (AvgIpc) is 3.41. The van der Waals surface area contributed by atoms with Crippen molar-refractivity contribution in [3.63, 3.8) is 0 Å². The minimum absolute atomic E-state index is 0.0374. The molecular formula is C35H30N2O9. The first-order chi connectivity index (χ1) is 22.0. The largest absolute Gasteiger partial charge is 0.508 e. The number of carbonyl (C=O) groups excluding carboxylic acids is 4. The van der Waals surface area contributed by atoms with E-state index in [-0.39, 0.29) is 29.8 Å². The summed E-state index contributed by atoms with van der Waals surface area (Å²) in [6.07, 6.45) is 2.13. The first-order valence-electron chi connectivity index (χ1n) is 14.9. The zero-order valence-electron chi connectivity index (χ0n) is 24.9. The van der Waals surface area contributed by atoms with Crippen LogP contribution >= 0.6 is 0 Å². The van der Waals surface area contributed by atoms with Gasteiger partial charge in [0.2, 0.25) is 23.6 Å². The number of phenols is 2. The third kappa shape index (κ3) is 3.87. The SMILES string of the molecule is COc1cccc(O)c1[C@H]1C2=CC[C@@H]3C(=O)N(c4ccc(C(=O)O)c(O)c4)C(=O)[C@@H]3[C@@H]2C[C@H]2C(=O)N(c3ccccc3)C(=O)[C@@]12C. The highest BCUT2D eigenvalue weighted by Gasteiger charge is 2.68. The fourth-order valence-corrected chi connectivity index (χ4v) is 8.24. The van der Waals surface area contributed by atoms with Crippen LogP contribution < -0.4 is 14.5 Å². The van der Waals surface area contributed by atoms with E-state index in [1.54, 1.807) is 49.4 Å². The van der Waals surface area contributed by atoms with Crippen LogP contribution in [0.15, 0.2) is 78.4 Å². The van der Waals surface area contributed by atoms with E-state index in [1.165, 1.54) is 24.1 Å². The number of benzene rings is 3. The minimum Gasteiger partial charge on any atom is -0.508 e. The number of nitrogens with zero attached hydrogens (tertiary/aromatic N) is 2. The van der Waals surface area contributed by atoms with Gasteiger partial charge in [0.1, 0.15) is 22.8 Å². The van der Waals surface area contributed by atoms with Gasteiger partial charge in [-0.05, 0) is 62.1 Å². The highest BCUT2D eigenvalue weighted by Crippen LogP contribution is 2.65. The number of aromatic carboxylic acids is 1. The Balaban J connectivity index is 1.37. The van der Waals surface area contributed by atoms with E-state index in [0.717, 1.165) is 17.0 Å². The number of carboxylic acids is 1. The summed E-state index contributed by atoms with van der Waals surface area (Å²) in [4.78, 5) is 70.3. The van der Waals surface area contributed by atoms with Gasteiger partial charge >= 0.3 is 5.97 Å². The third-order valence-electron chi connectivity index (χ3n) is 10.3. The zero-order chi connectivity index (χ0) is 32.7. The van der Waals surface area contributed by atoms with Crippen LogP contribution in [-0.4, -0.2) is 52.0 Å². The number of ether oxygens (including phenoxy) is 1. The average molecular weight is 623 g/mol. The van der Waals surface area contributed by atoms with Gasteiger partial charge in [0.05, 0.1) is 41.7 Å². The molecule has 3 aromatic rings. The number of imide groups is 2. The molecule has 2 saturated heterocycles. The van der Waals surface area contributed by atoms with Crippen LogP contribution in [0.3, 0.4) is 0 Å². The van der Waals surface area contributed by atoms with Crippen molar-refractivity contribution in [2.45, 2.75) is 25.7 Å². The van der Waals surface area contributed by atoms with Gasteiger partial charge in [-0.2, -0.15) is 0 Å². The number of hydrogen-bond acceptors (Lipinski definition) is 8. The fraction of sp³-hybridized carbons (Fsp3) is 0.286. The van der Waals surface area contributed by atoms with Crippen LogP contribution in [0, 0.1) is 29.1 Å². The molecule has 0 aromatic heterocycles. The number of carbonyl (C=O) groups is 5. The molecule has 0 spiro atoms. The van der Waals surface area contributed by atoms with Crippen LogP contribution in [0.2, 0.25) is 0 Å². The number of methoxy groups -OCH3 is 1. The summed E-state index contributed by atoms with van der Waals surface area (Å²) in [6, 6.07) is 16.9. The molecule has 0 radical (unpaired) electrons. The van der Waals surface area contributed by atoms with E-state index < -0.39 is 70.4 Å². The van der Waals surface area contributed by atoms with E-state index in [0.29, 0.717) is 22.6 Å². The Labute approximate surface area is 263 Å². The van der Waals surface area contributed by atoms with E-state index >= 15 is 0 Å². The van der Waals surface area contributed by atoms with Crippen molar-refractivity contribution in [3.05, 3.63) is 89.5 Å². The summed E-state index contributed by atoms with van der Waals surface area (Å²) >= 11 is 0.